The fourth-order valence-electron chi connectivity index (χ4n) is 2.11. The van der Waals surface area contributed by atoms with Crippen molar-refractivity contribution in [2.75, 3.05) is 19.4 Å². The average Bonchev–Trinajstić information content (AvgIpc) is 2.44. The minimum Gasteiger partial charge on any atom is -0.480 e. The molecule has 0 aliphatic heterocycles. The summed E-state index contributed by atoms with van der Waals surface area (Å²) in [5.74, 6) is -2.36. The van der Waals surface area contributed by atoms with E-state index in [-0.39, 0.29) is 17.8 Å². The van der Waals surface area contributed by atoms with Crippen LogP contribution in [0.1, 0.15) is 12.0 Å². The number of benzene rings is 1. The number of anilines is 1. The van der Waals surface area contributed by atoms with Crippen LogP contribution in [0.15, 0.2) is 12.1 Å². The number of hydrogen-bond donors (Lipinski definition) is 3. The van der Waals surface area contributed by atoms with E-state index >= 15 is 0 Å². The zero-order chi connectivity index (χ0) is 19.3. The van der Waals surface area contributed by atoms with Gasteiger partial charge in [0.15, 0.2) is 0 Å². The molecule has 0 radical (unpaired) electrons. The third-order valence-electron chi connectivity index (χ3n) is 3.11. The number of nitro groups is 2. The fourth-order valence-corrected chi connectivity index (χ4v) is 2.11. The van der Waals surface area contributed by atoms with Gasteiger partial charge in [0.25, 0.3) is 11.4 Å². The largest absolute Gasteiger partial charge is 0.480 e. The molecule has 1 aromatic rings. The highest BCUT2D eigenvalue weighted by Gasteiger charge is 2.28. The molecule has 0 saturated carbocycles. The quantitative estimate of drug-likeness (QED) is 0.414. The molecule has 136 valence electrons. The minimum atomic E-state index is -1.51. The summed E-state index contributed by atoms with van der Waals surface area (Å²) in [6, 6.07) is 0.377. The number of amides is 1. The summed E-state index contributed by atoms with van der Waals surface area (Å²) < 4.78 is 0. The van der Waals surface area contributed by atoms with Crippen molar-refractivity contribution in [2.45, 2.75) is 19.0 Å². The third-order valence-corrected chi connectivity index (χ3v) is 3.11. The van der Waals surface area contributed by atoms with Crippen molar-refractivity contribution in [3.8, 4) is 0 Å². The number of carboxylic acid groups (broad SMARTS) is 1. The van der Waals surface area contributed by atoms with Gasteiger partial charge in [-0.25, -0.2) is 4.79 Å². The van der Waals surface area contributed by atoms with E-state index in [0.29, 0.717) is 0 Å². The molecular formula is C13H17N5O7. The molecule has 4 N–H and O–H groups in total. The van der Waals surface area contributed by atoms with Crippen LogP contribution < -0.4 is 11.1 Å². The number of nitrogens with zero attached hydrogens (tertiary/aromatic N) is 3. The molecule has 0 aliphatic carbocycles. The molecule has 0 aliphatic rings. The summed E-state index contributed by atoms with van der Waals surface area (Å²) >= 11 is 0. The molecular weight excluding hydrogens is 338 g/mol. The Morgan fingerprint density at radius 2 is 1.80 bits per heavy atom. The molecule has 1 aromatic carbocycles. The van der Waals surface area contributed by atoms with E-state index in [1.54, 1.807) is 19.0 Å². The Bertz CT molecular complexity index is 719. The van der Waals surface area contributed by atoms with Crippen molar-refractivity contribution in [3.63, 3.8) is 0 Å². The van der Waals surface area contributed by atoms with Gasteiger partial charge >= 0.3 is 5.97 Å². The second-order valence-electron chi connectivity index (χ2n) is 5.46. The first-order valence-electron chi connectivity index (χ1n) is 6.91. The van der Waals surface area contributed by atoms with Crippen LogP contribution in [0.2, 0.25) is 0 Å². The lowest BCUT2D eigenvalue weighted by Gasteiger charge is -2.16. The molecule has 1 rings (SSSR count). The number of carboxylic acids is 1. The first kappa shape index (κ1) is 19.8. The predicted molar refractivity (Wildman–Crippen MR) is 86.0 cm³/mol. The molecule has 0 unspecified atom stereocenters. The molecule has 0 spiro atoms. The van der Waals surface area contributed by atoms with Crippen LogP contribution in [0.25, 0.3) is 0 Å². The van der Waals surface area contributed by atoms with Gasteiger partial charge < -0.3 is 21.1 Å². The molecule has 0 saturated heterocycles. The van der Waals surface area contributed by atoms with Crippen LogP contribution in [0.3, 0.4) is 0 Å². The molecule has 0 heterocycles. The van der Waals surface area contributed by atoms with Crippen molar-refractivity contribution < 1.29 is 24.5 Å². The highest BCUT2D eigenvalue weighted by molar-refractivity contribution is 5.86. The van der Waals surface area contributed by atoms with E-state index in [9.17, 15) is 29.8 Å². The van der Waals surface area contributed by atoms with Crippen LogP contribution in [-0.4, -0.2) is 51.9 Å². The number of rotatable bonds is 9. The van der Waals surface area contributed by atoms with Gasteiger partial charge in [-0.3, -0.25) is 25.0 Å². The van der Waals surface area contributed by atoms with E-state index in [2.05, 4.69) is 5.32 Å². The Morgan fingerprint density at radius 3 is 2.20 bits per heavy atom. The molecule has 12 heteroatoms. The monoisotopic (exact) mass is 355 g/mol. The molecule has 0 bridgehead atoms. The van der Waals surface area contributed by atoms with Gasteiger partial charge in [-0.15, -0.1) is 0 Å². The Labute approximate surface area is 141 Å². The lowest BCUT2D eigenvalue weighted by Crippen LogP contribution is -2.34. The van der Waals surface area contributed by atoms with Gasteiger partial charge in [-0.1, -0.05) is 0 Å². The standard InChI is InChI=1S/C13H17N5O7/c1-16(2)6-7-3-8(15-9(13(20)21)4-12(14)19)11(18(24)25)5-10(7)17(22)23/h3,5,9,15H,4,6H2,1-2H3,(H2,14,19)(H,20,21)/t9-/m0/s1. The third kappa shape index (κ3) is 5.39. The van der Waals surface area contributed by atoms with Gasteiger partial charge in [0, 0.05) is 12.1 Å². The Balaban J connectivity index is 3.44. The maximum absolute atomic E-state index is 11.2. The number of carbonyl (C=O) groups is 2. The van der Waals surface area contributed by atoms with Crippen molar-refractivity contribution in [3.05, 3.63) is 37.9 Å². The van der Waals surface area contributed by atoms with Gasteiger partial charge in [0.1, 0.15) is 11.7 Å². The number of hydrogen-bond acceptors (Lipinski definition) is 8. The lowest BCUT2D eigenvalue weighted by atomic mass is 10.1. The van der Waals surface area contributed by atoms with Gasteiger partial charge in [0.2, 0.25) is 5.91 Å². The maximum Gasteiger partial charge on any atom is 0.326 e. The first-order valence-corrected chi connectivity index (χ1v) is 6.91. The zero-order valence-electron chi connectivity index (χ0n) is 13.5. The number of primary amides is 1. The molecule has 1 amide bonds. The second kappa shape index (κ2) is 8.01. The van der Waals surface area contributed by atoms with Crippen LogP contribution in [-0.2, 0) is 16.1 Å². The Kier molecular flexibility index (Phi) is 6.33. The van der Waals surface area contributed by atoms with Crippen LogP contribution in [0.5, 0.6) is 0 Å². The Morgan fingerprint density at radius 1 is 1.24 bits per heavy atom. The van der Waals surface area contributed by atoms with Crippen LogP contribution in [0, 0.1) is 20.2 Å². The molecule has 0 fully saturated rings. The number of aliphatic carboxylic acids is 1. The highest BCUT2D eigenvalue weighted by Crippen LogP contribution is 2.34. The van der Waals surface area contributed by atoms with E-state index in [1.807, 2.05) is 0 Å². The number of nitrogens with two attached hydrogens (primary N) is 1. The number of nitro benzene ring substituents is 2. The molecule has 12 nitrogen and oxygen atoms in total. The van der Waals surface area contributed by atoms with Gasteiger partial charge in [-0.2, -0.15) is 0 Å². The van der Waals surface area contributed by atoms with Gasteiger partial charge in [0.05, 0.1) is 22.3 Å². The summed E-state index contributed by atoms with van der Waals surface area (Å²) in [5, 5.41) is 33.8. The number of nitrogens with one attached hydrogen (secondary N) is 1. The smallest absolute Gasteiger partial charge is 0.326 e. The van der Waals surface area contributed by atoms with Crippen molar-refractivity contribution in [1.82, 2.24) is 4.90 Å². The van der Waals surface area contributed by atoms with E-state index < -0.39 is 45.6 Å². The van der Waals surface area contributed by atoms with Crippen molar-refractivity contribution in [1.29, 1.82) is 0 Å². The summed E-state index contributed by atoms with van der Waals surface area (Å²) in [7, 11) is 3.29. The van der Waals surface area contributed by atoms with Crippen molar-refractivity contribution >= 4 is 28.9 Å². The van der Waals surface area contributed by atoms with E-state index in [0.717, 1.165) is 12.1 Å². The summed E-state index contributed by atoms with van der Waals surface area (Å²) in [6.45, 7) is 0.0938. The van der Waals surface area contributed by atoms with Gasteiger partial charge in [-0.05, 0) is 20.2 Å². The van der Waals surface area contributed by atoms with Crippen LogP contribution >= 0.6 is 0 Å². The average molecular weight is 355 g/mol. The molecule has 1 atom stereocenters. The maximum atomic E-state index is 11.2. The minimum absolute atomic E-state index is 0.0938. The van der Waals surface area contributed by atoms with Crippen LogP contribution in [0.4, 0.5) is 17.1 Å². The zero-order valence-corrected chi connectivity index (χ0v) is 13.5. The van der Waals surface area contributed by atoms with E-state index in [4.69, 9.17) is 10.8 Å². The molecule has 0 aromatic heterocycles. The van der Waals surface area contributed by atoms with Crippen molar-refractivity contribution in [2.24, 2.45) is 5.73 Å². The predicted octanol–water partition coefficient (Wildman–Crippen LogP) is 0.305. The molecule has 25 heavy (non-hydrogen) atoms. The summed E-state index contributed by atoms with van der Waals surface area (Å²) in [5.41, 5.74) is 3.72. The second-order valence-corrected chi connectivity index (χ2v) is 5.46. The first-order chi connectivity index (χ1) is 11.5. The SMILES string of the molecule is CN(C)Cc1cc(N[C@@H](CC(N)=O)C(=O)O)c([N+](=O)[O-])cc1[N+](=O)[O-]. The normalized spacial score (nSPS) is 11.8. The van der Waals surface area contributed by atoms with E-state index in [1.165, 1.54) is 0 Å². The topological polar surface area (TPSA) is 182 Å². The fraction of sp³-hybridized carbons (Fsp3) is 0.385. The summed E-state index contributed by atoms with van der Waals surface area (Å²) in [4.78, 5) is 44.5. The highest BCUT2D eigenvalue weighted by atomic mass is 16.6. The Hall–Kier alpha value is -3.28. The summed E-state index contributed by atoms with van der Waals surface area (Å²) in [6.07, 6.45) is -0.605. The number of carbonyl (C=O) groups excluding carboxylic acids is 1. The lowest BCUT2D eigenvalue weighted by molar-refractivity contribution is -0.394.